The van der Waals surface area contributed by atoms with Crippen LogP contribution in [-0.2, 0) is 20.8 Å². The van der Waals surface area contributed by atoms with Crippen molar-refractivity contribution in [2.24, 2.45) is 11.8 Å². The highest BCUT2D eigenvalue weighted by atomic mass is 79.9. The minimum Gasteiger partial charge on any atom is -0.508 e. The van der Waals surface area contributed by atoms with Crippen LogP contribution in [0.4, 0.5) is 11.4 Å². The molecular formula is C26H20BrN3O8. The van der Waals surface area contributed by atoms with E-state index in [0.717, 1.165) is 11.0 Å². The van der Waals surface area contributed by atoms with Gasteiger partial charge in [0.25, 0.3) is 5.69 Å². The number of benzene rings is 3. The lowest BCUT2D eigenvalue weighted by Gasteiger charge is -2.31. The van der Waals surface area contributed by atoms with Gasteiger partial charge < -0.3 is 15.3 Å². The number of halogens is 1. The number of aliphatic carboxylic acids is 1. The molecule has 12 heteroatoms. The number of phenols is 2. The summed E-state index contributed by atoms with van der Waals surface area (Å²) in [6.07, 6.45) is -0.225. The molecule has 194 valence electrons. The van der Waals surface area contributed by atoms with Crippen LogP contribution in [-0.4, -0.2) is 43.6 Å². The molecule has 0 bridgehead atoms. The van der Waals surface area contributed by atoms with E-state index < -0.39 is 46.1 Å². The second kappa shape index (κ2) is 9.23. The summed E-state index contributed by atoms with van der Waals surface area (Å²) in [4.78, 5) is 52.1. The molecule has 2 heterocycles. The number of rotatable bonds is 6. The number of amides is 2. The van der Waals surface area contributed by atoms with Gasteiger partial charge in [-0.25, -0.2) is 4.90 Å². The molecule has 38 heavy (non-hydrogen) atoms. The fourth-order valence-electron chi connectivity index (χ4n) is 5.42. The Kier molecular flexibility index (Phi) is 6.16. The number of nitro benzene ring substituents is 1. The first-order valence-corrected chi connectivity index (χ1v) is 12.2. The molecule has 4 atom stereocenters. The maximum absolute atomic E-state index is 13.9. The standard InChI is InChI=1S/C26H20BrN3O8/c27-14-6-9-19(32)18(10-14)22-20-21(26(28-22,25(35)36)12-13-4-7-17(31)8-5-13)24(34)29(23(20)33)15-2-1-3-16(11-15)30(37)38/h1-11,20-22,28,31-32H,12H2,(H,35,36). The molecule has 2 amide bonds. The molecule has 3 aromatic carbocycles. The maximum atomic E-state index is 13.9. The van der Waals surface area contributed by atoms with Crippen LogP contribution in [0.15, 0.2) is 71.2 Å². The van der Waals surface area contributed by atoms with Crippen LogP contribution < -0.4 is 10.2 Å². The lowest BCUT2D eigenvalue weighted by Crippen LogP contribution is -2.57. The Labute approximate surface area is 223 Å². The van der Waals surface area contributed by atoms with E-state index in [4.69, 9.17) is 0 Å². The van der Waals surface area contributed by atoms with Crippen molar-refractivity contribution < 1.29 is 34.6 Å². The number of anilines is 1. The summed E-state index contributed by atoms with van der Waals surface area (Å²) < 4.78 is 0.558. The summed E-state index contributed by atoms with van der Waals surface area (Å²) in [7, 11) is 0. The number of phenolic OH excluding ortho intramolecular Hbond substituents is 2. The highest BCUT2D eigenvalue weighted by Gasteiger charge is 2.69. The Bertz CT molecular complexity index is 1490. The number of nitrogens with zero attached hydrogens (tertiary/aromatic N) is 2. The zero-order valence-electron chi connectivity index (χ0n) is 19.4. The van der Waals surface area contributed by atoms with Crippen LogP contribution in [0.25, 0.3) is 0 Å². The summed E-state index contributed by atoms with van der Waals surface area (Å²) in [5, 5.41) is 45.2. The quantitative estimate of drug-likeness (QED) is 0.194. The third-order valence-electron chi connectivity index (χ3n) is 7.08. The number of carbonyl (C=O) groups excluding carboxylic acids is 2. The van der Waals surface area contributed by atoms with E-state index in [2.05, 4.69) is 21.2 Å². The van der Waals surface area contributed by atoms with Gasteiger partial charge in [-0.05, 0) is 42.0 Å². The van der Waals surface area contributed by atoms with Crippen molar-refractivity contribution in [1.82, 2.24) is 5.32 Å². The minimum atomic E-state index is -1.98. The largest absolute Gasteiger partial charge is 0.508 e. The highest BCUT2D eigenvalue weighted by molar-refractivity contribution is 9.10. The Hall–Kier alpha value is -4.29. The molecule has 0 saturated carbocycles. The monoisotopic (exact) mass is 581 g/mol. The molecule has 0 spiro atoms. The van der Waals surface area contributed by atoms with E-state index in [0.29, 0.717) is 10.0 Å². The van der Waals surface area contributed by atoms with E-state index in [9.17, 15) is 39.8 Å². The number of carbonyl (C=O) groups is 3. The maximum Gasteiger partial charge on any atom is 0.325 e. The van der Waals surface area contributed by atoms with E-state index in [1.807, 2.05) is 0 Å². The lowest BCUT2D eigenvalue weighted by atomic mass is 9.76. The van der Waals surface area contributed by atoms with Gasteiger partial charge >= 0.3 is 5.97 Å². The van der Waals surface area contributed by atoms with E-state index in [1.165, 1.54) is 54.6 Å². The number of nitro groups is 1. The second-order valence-electron chi connectivity index (χ2n) is 9.24. The van der Waals surface area contributed by atoms with Crippen LogP contribution in [0.2, 0.25) is 0 Å². The number of hydrogen-bond acceptors (Lipinski definition) is 8. The van der Waals surface area contributed by atoms with E-state index in [-0.39, 0.29) is 34.9 Å². The molecule has 0 aliphatic carbocycles. The molecule has 2 fully saturated rings. The SMILES string of the molecule is O=C1C2C(c3cc(Br)ccc3O)NC(Cc3ccc(O)cc3)(C(=O)O)C2C(=O)N1c1cccc([N+](=O)[O-])c1. The lowest BCUT2D eigenvalue weighted by molar-refractivity contribution is -0.384. The Morgan fingerprint density at radius 3 is 2.42 bits per heavy atom. The first-order valence-electron chi connectivity index (χ1n) is 11.4. The molecule has 11 nitrogen and oxygen atoms in total. The Balaban J connectivity index is 1.68. The smallest absolute Gasteiger partial charge is 0.325 e. The van der Waals surface area contributed by atoms with Gasteiger partial charge in [-0.15, -0.1) is 0 Å². The fraction of sp³-hybridized carbons (Fsp3) is 0.192. The second-order valence-corrected chi connectivity index (χ2v) is 10.2. The average molecular weight is 582 g/mol. The number of carboxylic acids is 1. The van der Waals surface area contributed by atoms with Crippen molar-refractivity contribution in [3.05, 3.63) is 92.4 Å². The Morgan fingerprint density at radius 2 is 1.76 bits per heavy atom. The molecular weight excluding hydrogens is 562 g/mol. The molecule has 2 saturated heterocycles. The molecule has 5 rings (SSSR count). The number of hydrogen-bond donors (Lipinski definition) is 4. The van der Waals surface area contributed by atoms with Gasteiger partial charge in [0, 0.05) is 34.6 Å². The molecule has 0 radical (unpaired) electrons. The highest BCUT2D eigenvalue weighted by Crippen LogP contribution is 2.52. The van der Waals surface area contributed by atoms with Gasteiger partial charge in [0.15, 0.2) is 0 Å². The van der Waals surface area contributed by atoms with Gasteiger partial charge in [-0.3, -0.25) is 29.8 Å². The first-order chi connectivity index (χ1) is 18.0. The van der Waals surface area contributed by atoms with Gasteiger partial charge in [0.1, 0.15) is 17.0 Å². The number of aromatic hydroxyl groups is 2. The topological polar surface area (TPSA) is 170 Å². The number of nitrogens with one attached hydrogen (secondary N) is 1. The normalized spacial score (nSPS) is 24.4. The summed E-state index contributed by atoms with van der Waals surface area (Å²) in [5.74, 6) is -5.85. The van der Waals surface area contributed by atoms with E-state index >= 15 is 0 Å². The molecule has 2 aliphatic rings. The van der Waals surface area contributed by atoms with Gasteiger partial charge in [0.2, 0.25) is 11.8 Å². The van der Waals surface area contributed by atoms with Gasteiger partial charge in [0.05, 0.1) is 22.4 Å². The van der Waals surface area contributed by atoms with Crippen molar-refractivity contribution in [2.45, 2.75) is 18.0 Å². The molecule has 3 aromatic rings. The van der Waals surface area contributed by atoms with Gasteiger partial charge in [-0.2, -0.15) is 0 Å². The molecule has 4 N–H and O–H groups in total. The summed E-state index contributed by atoms with van der Waals surface area (Å²) in [6, 6.07) is 14.2. The van der Waals surface area contributed by atoms with Crippen LogP contribution in [0.5, 0.6) is 11.5 Å². The van der Waals surface area contributed by atoms with Gasteiger partial charge in [-0.1, -0.05) is 34.1 Å². The van der Waals surface area contributed by atoms with Crippen molar-refractivity contribution in [3.63, 3.8) is 0 Å². The first kappa shape index (κ1) is 25.4. The van der Waals surface area contributed by atoms with Crippen LogP contribution in [0.3, 0.4) is 0 Å². The zero-order chi connectivity index (χ0) is 27.4. The van der Waals surface area contributed by atoms with Crippen LogP contribution in [0.1, 0.15) is 17.2 Å². The number of non-ortho nitro benzene ring substituents is 1. The zero-order valence-corrected chi connectivity index (χ0v) is 21.0. The number of carboxylic acid groups (broad SMARTS) is 1. The van der Waals surface area contributed by atoms with Crippen LogP contribution >= 0.6 is 15.9 Å². The number of fused-ring (bicyclic) bond motifs is 1. The summed E-state index contributed by atoms with van der Waals surface area (Å²) in [5.41, 5.74) is -1.68. The predicted molar refractivity (Wildman–Crippen MR) is 136 cm³/mol. The average Bonchev–Trinajstić information content (AvgIpc) is 3.36. The minimum absolute atomic E-state index is 0.0312. The Morgan fingerprint density at radius 1 is 1.05 bits per heavy atom. The van der Waals surface area contributed by atoms with Crippen molar-refractivity contribution >= 4 is 45.1 Å². The van der Waals surface area contributed by atoms with Crippen LogP contribution in [0, 0.1) is 22.0 Å². The predicted octanol–water partition coefficient (Wildman–Crippen LogP) is 3.28. The van der Waals surface area contributed by atoms with Crippen molar-refractivity contribution in [1.29, 1.82) is 0 Å². The van der Waals surface area contributed by atoms with E-state index in [1.54, 1.807) is 6.07 Å². The third kappa shape index (κ3) is 3.98. The van der Waals surface area contributed by atoms with Crippen molar-refractivity contribution in [3.8, 4) is 11.5 Å². The molecule has 4 unspecified atom stereocenters. The number of imide groups is 1. The molecule has 0 aromatic heterocycles. The van der Waals surface area contributed by atoms with Crippen molar-refractivity contribution in [2.75, 3.05) is 4.90 Å². The fourth-order valence-corrected chi connectivity index (χ4v) is 5.79. The molecule has 2 aliphatic heterocycles. The summed E-state index contributed by atoms with van der Waals surface area (Å²) in [6.45, 7) is 0. The summed E-state index contributed by atoms with van der Waals surface area (Å²) >= 11 is 3.33. The third-order valence-corrected chi connectivity index (χ3v) is 7.57.